The van der Waals surface area contributed by atoms with Gasteiger partial charge in [-0.2, -0.15) is 0 Å². The van der Waals surface area contributed by atoms with Gasteiger partial charge >= 0.3 is 0 Å². The molecule has 1 amide bonds. The summed E-state index contributed by atoms with van der Waals surface area (Å²) < 4.78 is 0. The Balaban J connectivity index is 2.03. The quantitative estimate of drug-likeness (QED) is 0.846. The number of anilines is 1. The second-order valence-electron chi connectivity index (χ2n) is 4.26. The van der Waals surface area contributed by atoms with Gasteiger partial charge in [0.2, 0.25) is 0 Å². The summed E-state index contributed by atoms with van der Waals surface area (Å²) in [4.78, 5) is 16.1. The van der Waals surface area contributed by atoms with Crippen LogP contribution < -0.4 is 11.1 Å². The highest BCUT2D eigenvalue weighted by molar-refractivity contribution is 6.31. The third-order valence-corrected chi connectivity index (χ3v) is 2.83. The molecule has 0 aliphatic rings. The number of aromatic nitrogens is 1. The number of carbonyl (C=O) groups excluding carboxylic acids is 1. The molecule has 1 aromatic heterocycles. The summed E-state index contributed by atoms with van der Waals surface area (Å²) in [5, 5.41) is 3.24. The van der Waals surface area contributed by atoms with Gasteiger partial charge in [0.25, 0.3) is 5.91 Å². The minimum Gasteiger partial charge on any atom is -0.399 e. The Morgan fingerprint density at radius 1 is 1.37 bits per heavy atom. The molecule has 0 unspecified atom stereocenters. The fourth-order valence-electron chi connectivity index (χ4n) is 1.63. The zero-order valence-electron chi connectivity index (χ0n) is 10.5. The Hall–Kier alpha value is -2.07. The van der Waals surface area contributed by atoms with Crippen molar-refractivity contribution in [1.29, 1.82) is 0 Å². The summed E-state index contributed by atoms with van der Waals surface area (Å²) in [6.07, 6.45) is 1.74. The van der Waals surface area contributed by atoms with E-state index < -0.39 is 0 Å². The summed E-state index contributed by atoms with van der Waals surface area (Å²) in [7, 11) is 0. The van der Waals surface area contributed by atoms with Gasteiger partial charge in [-0.25, -0.2) is 0 Å². The van der Waals surface area contributed by atoms with Crippen LogP contribution in [-0.4, -0.2) is 10.9 Å². The predicted octanol–water partition coefficient (Wildman–Crippen LogP) is 2.56. The third kappa shape index (κ3) is 3.69. The van der Waals surface area contributed by atoms with Crippen molar-refractivity contribution in [3.63, 3.8) is 0 Å². The molecule has 0 aliphatic heterocycles. The number of nitrogens with zero attached hydrogens (tertiary/aromatic N) is 1. The first-order valence-corrected chi connectivity index (χ1v) is 6.18. The molecule has 0 spiro atoms. The van der Waals surface area contributed by atoms with Crippen LogP contribution in [0, 0.1) is 6.92 Å². The van der Waals surface area contributed by atoms with Crippen LogP contribution >= 0.6 is 11.6 Å². The van der Waals surface area contributed by atoms with Crippen molar-refractivity contribution < 1.29 is 4.79 Å². The van der Waals surface area contributed by atoms with E-state index in [0.717, 1.165) is 11.3 Å². The van der Waals surface area contributed by atoms with Crippen LogP contribution in [0.3, 0.4) is 0 Å². The van der Waals surface area contributed by atoms with Crippen molar-refractivity contribution in [1.82, 2.24) is 10.3 Å². The van der Waals surface area contributed by atoms with E-state index in [1.807, 2.05) is 19.1 Å². The van der Waals surface area contributed by atoms with E-state index in [0.29, 0.717) is 22.8 Å². The highest BCUT2D eigenvalue weighted by atomic mass is 35.5. The van der Waals surface area contributed by atoms with Crippen LogP contribution in [0.1, 0.15) is 21.6 Å². The number of amides is 1. The standard InChI is InChI=1S/C14H14ClN3O/c1-9-2-3-10(7-17-9)8-18-14(19)11-4-12(15)6-13(16)5-11/h2-7H,8,16H2,1H3,(H,18,19). The first-order valence-electron chi connectivity index (χ1n) is 5.80. The molecule has 5 heteroatoms. The van der Waals surface area contributed by atoms with Gasteiger partial charge in [-0.15, -0.1) is 0 Å². The van der Waals surface area contributed by atoms with Crippen LogP contribution in [0.5, 0.6) is 0 Å². The Morgan fingerprint density at radius 2 is 2.16 bits per heavy atom. The first kappa shape index (κ1) is 13.4. The number of rotatable bonds is 3. The molecule has 0 saturated carbocycles. The summed E-state index contributed by atoms with van der Waals surface area (Å²) in [5.41, 5.74) is 8.44. The fourth-order valence-corrected chi connectivity index (χ4v) is 1.87. The number of pyridine rings is 1. The SMILES string of the molecule is Cc1ccc(CNC(=O)c2cc(N)cc(Cl)c2)cn1. The number of hydrogen-bond donors (Lipinski definition) is 2. The molecule has 1 aromatic carbocycles. The van der Waals surface area contributed by atoms with Gasteiger partial charge in [-0.1, -0.05) is 17.7 Å². The van der Waals surface area contributed by atoms with E-state index in [2.05, 4.69) is 10.3 Å². The van der Waals surface area contributed by atoms with Crippen LogP contribution in [0.2, 0.25) is 5.02 Å². The molecule has 2 rings (SSSR count). The molecule has 0 bridgehead atoms. The number of carbonyl (C=O) groups is 1. The average molecular weight is 276 g/mol. The predicted molar refractivity (Wildman–Crippen MR) is 76.0 cm³/mol. The monoisotopic (exact) mass is 275 g/mol. The Labute approximate surface area is 116 Å². The molecule has 2 aromatic rings. The molecule has 98 valence electrons. The van der Waals surface area contributed by atoms with E-state index in [1.54, 1.807) is 24.4 Å². The number of nitrogens with two attached hydrogens (primary N) is 1. The van der Waals surface area contributed by atoms with Gasteiger partial charge in [0.05, 0.1) is 0 Å². The van der Waals surface area contributed by atoms with Crippen molar-refractivity contribution >= 4 is 23.2 Å². The summed E-state index contributed by atoms with van der Waals surface area (Å²) in [5.74, 6) is -0.213. The lowest BCUT2D eigenvalue weighted by molar-refractivity contribution is 0.0951. The Kier molecular flexibility index (Phi) is 4.02. The summed E-state index contributed by atoms with van der Waals surface area (Å²) >= 11 is 5.86. The number of benzene rings is 1. The van der Waals surface area contributed by atoms with E-state index in [9.17, 15) is 4.79 Å². The molecule has 0 atom stereocenters. The molecule has 0 aliphatic carbocycles. The van der Waals surface area contributed by atoms with Crippen LogP contribution in [0.25, 0.3) is 0 Å². The minimum atomic E-state index is -0.213. The largest absolute Gasteiger partial charge is 0.399 e. The normalized spacial score (nSPS) is 10.2. The lowest BCUT2D eigenvalue weighted by Gasteiger charge is -2.06. The zero-order chi connectivity index (χ0) is 13.8. The first-order chi connectivity index (χ1) is 9.04. The van der Waals surface area contributed by atoms with Gasteiger partial charge in [-0.3, -0.25) is 9.78 Å². The van der Waals surface area contributed by atoms with E-state index in [-0.39, 0.29) is 5.91 Å². The van der Waals surface area contributed by atoms with Gasteiger partial charge < -0.3 is 11.1 Å². The highest BCUT2D eigenvalue weighted by Crippen LogP contribution is 2.16. The van der Waals surface area contributed by atoms with Crippen molar-refractivity contribution in [3.8, 4) is 0 Å². The lowest BCUT2D eigenvalue weighted by atomic mass is 10.2. The molecule has 3 N–H and O–H groups in total. The molecule has 19 heavy (non-hydrogen) atoms. The molecule has 0 saturated heterocycles. The van der Waals surface area contributed by atoms with Crippen LogP contribution in [-0.2, 0) is 6.54 Å². The van der Waals surface area contributed by atoms with Crippen molar-refractivity contribution in [2.24, 2.45) is 0 Å². The van der Waals surface area contributed by atoms with Crippen LogP contribution in [0.15, 0.2) is 36.5 Å². The molecular formula is C14H14ClN3O. The van der Waals surface area contributed by atoms with Crippen molar-refractivity contribution in [2.45, 2.75) is 13.5 Å². The van der Waals surface area contributed by atoms with Gasteiger partial charge in [0.15, 0.2) is 0 Å². The molecule has 0 radical (unpaired) electrons. The van der Waals surface area contributed by atoms with Crippen molar-refractivity contribution in [2.75, 3.05) is 5.73 Å². The molecule has 0 fully saturated rings. The molecule has 4 nitrogen and oxygen atoms in total. The van der Waals surface area contributed by atoms with E-state index in [1.165, 1.54) is 0 Å². The maximum atomic E-state index is 11.9. The van der Waals surface area contributed by atoms with Gasteiger partial charge in [-0.05, 0) is 36.8 Å². The minimum absolute atomic E-state index is 0.213. The third-order valence-electron chi connectivity index (χ3n) is 2.61. The summed E-state index contributed by atoms with van der Waals surface area (Å²) in [6.45, 7) is 2.33. The zero-order valence-corrected chi connectivity index (χ0v) is 11.2. The Morgan fingerprint density at radius 3 is 2.79 bits per heavy atom. The summed E-state index contributed by atoms with van der Waals surface area (Å²) in [6, 6.07) is 8.60. The second-order valence-corrected chi connectivity index (χ2v) is 4.70. The number of nitrogen functional groups attached to an aromatic ring is 1. The topological polar surface area (TPSA) is 68.0 Å². The van der Waals surface area contributed by atoms with E-state index >= 15 is 0 Å². The highest BCUT2D eigenvalue weighted by Gasteiger charge is 2.07. The maximum Gasteiger partial charge on any atom is 0.251 e. The molecular weight excluding hydrogens is 262 g/mol. The lowest BCUT2D eigenvalue weighted by Crippen LogP contribution is -2.23. The maximum absolute atomic E-state index is 11.9. The van der Waals surface area contributed by atoms with Gasteiger partial charge in [0, 0.05) is 34.7 Å². The number of aryl methyl sites for hydroxylation is 1. The van der Waals surface area contributed by atoms with Crippen molar-refractivity contribution in [3.05, 3.63) is 58.4 Å². The molecule has 1 heterocycles. The van der Waals surface area contributed by atoms with Gasteiger partial charge in [0.1, 0.15) is 0 Å². The number of hydrogen-bond acceptors (Lipinski definition) is 3. The van der Waals surface area contributed by atoms with Crippen LogP contribution in [0.4, 0.5) is 5.69 Å². The fraction of sp³-hybridized carbons (Fsp3) is 0.143. The van der Waals surface area contributed by atoms with E-state index in [4.69, 9.17) is 17.3 Å². The number of halogens is 1. The Bertz CT molecular complexity index is 576. The second kappa shape index (κ2) is 5.71. The smallest absolute Gasteiger partial charge is 0.251 e. The number of nitrogens with one attached hydrogen (secondary N) is 1. The average Bonchev–Trinajstić information content (AvgIpc) is 2.36.